The second kappa shape index (κ2) is 9.82. The molecule has 4 aromatic rings. The van der Waals surface area contributed by atoms with Crippen molar-refractivity contribution >= 4 is 46.1 Å². The maximum Gasteiger partial charge on any atom is 0.278 e. The minimum absolute atomic E-state index is 0.0941. The van der Waals surface area contributed by atoms with Crippen LogP contribution in [0.2, 0.25) is 0 Å². The van der Waals surface area contributed by atoms with Crippen LogP contribution in [0.1, 0.15) is 27.9 Å². The zero-order valence-corrected chi connectivity index (χ0v) is 19.6. The molecule has 0 aliphatic carbocycles. The Balaban J connectivity index is 1.18. The van der Waals surface area contributed by atoms with Crippen molar-refractivity contribution in [2.24, 2.45) is 0 Å². The molecule has 1 fully saturated rings. The van der Waals surface area contributed by atoms with Gasteiger partial charge in [-0.25, -0.2) is 9.97 Å². The van der Waals surface area contributed by atoms with Gasteiger partial charge in [0, 0.05) is 44.5 Å². The van der Waals surface area contributed by atoms with Gasteiger partial charge in [-0.05, 0) is 36.4 Å². The average Bonchev–Trinajstić information content (AvgIpc) is 3.37. The Hall–Kier alpha value is -4.80. The van der Waals surface area contributed by atoms with Crippen LogP contribution in [0, 0.1) is 0 Å². The van der Waals surface area contributed by atoms with Gasteiger partial charge in [0.05, 0.1) is 23.4 Å². The molecular formula is C25H24N8O3. The molecule has 0 radical (unpaired) electrons. The van der Waals surface area contributed by atoms with Crippen molar-refractivity contribution in [1.29, 1.82) is 0 Å². The predicted octanol–water partition coefficient (Wildman–Crippen LogP) is 2.53. The lowest BCUT2D eigenvalue weighted by molar-refractivity contribution is -0.129. The molecule has 11 nitrogen and oxygen atoms in total. The van der Waals surface area contributed by atoms with E-state index in [1.807, 2.05) is 47.4 Å². The monoisotopic (exact) mass is 484 g/mol. The van der Waals surface area contributed by atoms with Crippen molar-refractivity contribution in [3.05, 3.63) is 72.3 Å². The fraction of sp³-hybridized carbons (Fsp3) is 0.200. The van der Waals surface area contributed by atoms with Crippen molar-refractivity contribution in [2.45, 2.75) is 6.92 Å². The Morgan fingerprint density at radius 3 is 2.28 bits per heavy atom. The number of carbonyl (C=O) groups excluding carboxylic acids is 3. The molecule has 182 valence electrons. The molecule has 3 heterocycles. The number of anilines is 3. The van der Waals surface area contributed by atoms with E-state index in [1.165, 1.54) is 12.4 Å². The molecule has 3 amide bonds. The number of fused-ring (bicyclic) bond motifs is 1. The van der Waals surface area contributed by atoms with Gasteiger partial charge >= 0.3 is 0 Å². The second-order valence-corrected chi connectivity index (χ2v) is 8.34. The number of hydrogen-bond donors (Lipinski definition) is 3. The Bertz CT molecular complexity index is 1420. The molecule has 1 aliphatic heterocycles. The van der Waals surface area contributed by atoms with E-state index in [9.17, 15) is 14.4 Å². The van der Waals surface area contributed by atoms with Crippen molar-refractivity contribution < 1.29 is 14.4 Å². The number of carbonyl (C=O) groups is 3. The fourth-order valence-corrected chi connectivity index (χ4v) is 3.97. The van der Waals surface area contributed by atoms with Crippen LogP contribution in [-0.2, 0) is 4.79 Å². The van der Waals surface area contributed by atoms with E-state index in [0.717, 1.165) is 18.8 Å². The first kappa shape index (κ1) is 23.0. The predicted molar refractivity (Wildman–Crippen MR) is 135 cm³/mol. The summed E-state index contributed by atoms with van der Waals surface area (Å²) in [5.41, 5.74) is 3.28. The summed E-state index contributed by atoms with van der Waals surface area (Å²) >= 11 is 0. The van der Waals surface area contributed by atoms with E-state index in [0.29, 0.717) is 29.8 Å². The number of nitrogens with zero attached hydrogens (tertiary/aromatic N) is 5. The van der Waals surface area contributed by atoms with E-state index < -0.39 is 11.8 Å². The molecular weight excluding hydrogens is 460 g/mol. The van der Waals surface area contributed by atoms with E-state index in [1.54, 1.807) is 13.0 Å². The molecule has 1 saturated heterocycles. The summed E-state index contributed by atoms with van der Waals surface area (Å²) in [6.07, 6.45) is 2.74. The highest BCUT2D eigenvalue weighted by molar-refractivity contribution is 6.05. The number of rotatable bonds is 5. The van der Waals surface area contributed by atoms with Crippen molar-refractivity contribution in [2.75, 3.05) is 41.7 Å². The molecule has 0 bridgehead atoms. The number of amides is 3. The van der Waals surface area contributed by atoms with E-state index >= 15 is 0 Å². The summed E-state index contributed by atoms with van der Waals surface area (Å²) in [7, 11) is 0. The van der Waals surface area contributed by atoms with Crippen molar-refractivity contribution in [3.63, 3.8) is 0 Å². The number of aromatic amines is 1. The van der Waals surface area contributed by atoms with Gasteiger partial charge in [0.15, 0.2) is 0 Å². The smallest absolute Gasteiger partial charge is 0.278 e. The van der Waals surface area contributed by atoms with Crippen LogP contribution in [0.4, 0.5) is 17.3 Å². The third-order valence-electron chi connectivity index (χ3n) is 5.95. The maximum absolute atomic E-state index is 12.7. The van der Waals surface area contributed by atoms with Gasteiger partial charge in [0.25, 0.3) is 11.8 Å². The zero-order chi connectivity index (χ0) is 25.1. The van der Waals surface area contributed by atoms with Crippen LogP contribution in [0.3, 0.4) is 0 Å². The van der Waals surface area contributed by atoms with Crippen molar-refractivity contribution in [1.82, 2.24) is 24.8 Å². The molecule has 5 rings (SSSR count). The standard InChI is InChI=1S/C25H24N8O3/c1-16(34)32-10-12-33(13-11-32)18-8-6-17(7-9-18)28-23(35)22-15-27-25(30-22)31-24(36)21-14-26-19-4-2-3-5-20(19)29-21/h2-9,14-15H,10-13H2,1H3,(H,28,35)(H2,27,30,31,36). The normalized spacial score (nSPS) is 13.5. The summed E-state index contributed by atoms with van der Waals surface area (Å²) < 4.78 is 0. The van der Waals surface area contributed by atoms with Gasteiger partial charge in [0.1, 0.15) is 11.4 Å². The molecule has 11 heteroatoms. The lowest BCUT2D eigenvalue weighted by Gasteiger charge is -2.35. The number of H-pyrrole nitrogens is 1. The maximum atomic E-state index is 12.7. The quantitative estimate of drug-likeness (QED) is 0.396. The molecule has 0 saturated carbocycles. The highest BCUT2D eigenvalue weighted by Gasteiger charge is 2.19. The van der Waals surface area contributed by atoms with Crippen LogP contribution in [-0.4, -0.2) is 68.7 Å². The molecule has 0 spiro atoms. The first-order valence-electron chi connectivity index (χ1n) is 11.5. The number of imidazole rings is 1. The first-order valence-corrected chi connectivity index (χ1v) is 11.5. The molecule has 1 aliphatic rings. The zero-order valence-electron chi connectivity index (χ0n) is 19.6. The number of piperazine rings is 1. The second-order valence-electron chi connectivity index (χ2n) is 8.34. The molecule has 36 heavy (non-hydrogen) atoms. The summed E-state index contributed by atoms with van der Waals surface area (Å²) in [4.78, 5) is 56.1. The van der Waals surface area contributed by atoms with Gasteiger partial charge in [-0.2, -0.15) is 0 Å². The fourth-order valence-electron chi connectivity index (χ4n) is 3.97. The topological polar surface area (TPSA) is 136 Å². The highest BCUT2D eigenvalue weighted by Crippen LogP contribution is 2.20. The Morgan fingerprint density at radius 2 is 1.56 bits per heavy atom. The summed E-state index contributed by atoms with van der Waals surface area (Å²) in [5.74, 6) is -0.664. The summed E-state index contributed by atoms with van der Waals surface area (Å²) in [6, 6.07) is 14.8. The average molecular weight is 485 g/mol. The van der Waals surface area contributed by atoms with Gasteiger partial charge in [0.2, 0.25) is 11.9 Å². The largest absolute Gasteiger partial charge is 0.368 e. The van der Waals surface area contributed by atoms with Gasteiger partial charge in [-0.3, -0.25) is 24.7 Å². The summed E-state index contributed by atoms with van der Waals surface area (Å²) in [6.45, 7) is 4.50. The third kappa shape index (κ3) is 4.99. The van der Waals surface area contributed by atoms with Gasteiger partial charge < -0.3 is 20.1 Å². The molecule has 2 aromatic carbocycles. The van der Waals surface area contributed by atoms with Crippen LogP contribution < -0.4 is 15.5 Å². The summed E-state index contributed by atoms with van der Waals surface area (Å²) in [5, 5.41) is 5.41. The number of hydrogen-bond acceptors (Lipinski definition) is 7. The Morgan fingerprint density at radius 1 is 0.833 bits per heavy atom. The minimum atomic E-state index is -0.491. The lowest BCUT2D eigenvalue weighted by Crippen LogP contribution is -2.48. The first-order chi connectivity index (χ1) is 17.5. The SMILES string of the molecule is CC(=O)N1CCN(c2ccc(NC(=O)c3cnc(NC(=O)c4cnc5ccccc5n4)[nH]3)cc2)CC1. The number of benzene rings is 2. The van der Waals surface area contributed by atoms with Crippen LogP contribution in [0.15, 0.2) is 60.9 Å². The molecule has 0 unspecified atom stereocenters. The van der Waals surface area contributed by atoms with E-state index in [2.05, 4.69) is 35.5 Å². The number of nitrogens with one attached hydrogen (secondary N) is 3. The number of aromatic nitrogens is 4. The van der Waals surface area contributed by atoms with Crippen LogP contribution >= 0.6 is 0 Å². The lowest BCUT2D eigenvalue weighted by atomic mass is 10.2. The van der Waals surface area contributed by atoms with Gasteiger partial charge in [-0.1, -0.05) is 12.1 Å². The number of para-hydroxylation sites is 2. The van der Waals surface area contributed by atoms with Crippen molar-refractivity contribution in [3.8, 4) is 0 Å². The Labute approximate surface area is 206 Å². The highest BCUT2D eigenvalue weighted by atomic mass is 16.2. The van der Waals surface area contributed by atoms with Crippen LogP contribution in [0.5, 0.6) is 0 Å². The van der Waals surface area contributed by atoms with E-state index in [-0.39, 0.29) is 23.2 Å². The third-order valence-corrected chi connectivity index (χ3v) is 5.95. The van der Waals surface area contributed by atoms with Crippen LogP contribution in [0.25, 0.3) is 11.0 Å². The molecule has 2 aromatic heterocycles. The minimum Gasteiger partial charge on any atom is -0.368 e. The van der Waals surface area contributed by atoms with Gasteiger partial charge in [-0.15, -0.1) is 0 Å². The molecule has 0 atom stereocenters. The van der Waals surface area contributed by atoms with E-state index in [4.69, 9.17) is 0 Å². The molecule has 3 N–H and O–H groups in total. The Kier molecular flexibility index (Phi) is 6.27.